The van der Waals surface area contributed by atoms with Crippen LogP contribution in [0.5, 0.6) is 0 Å². The minimum Gasteiger partial charge on any atom is -0.379 e. The molecule has 3 aromatic carbocycles. The minimum atomic E-state index is -0.0502. The van der Waals surface area contributed by atoms with Crippen molar-refractivity contribution in [3.8, 4) is 0 Å². The lowest BCUT2D eigenvalue weighted by Gasteiger charge is -2.19. The maximum absolute atomic E-state index is 7.04. The van der Waals surface area contributed by atoms with Gasteiger partial charge in [0, 0.05) is 75.2 Å². The van der Waals surface area contributed by atoms with Crippen molar-refractivity contribution in [2.45, 2.75) is 84.9 Å². The lowest BCUT2D eigenvalue weighted by Crippen LogP contribution is -2.08. The number of hydrogen-bond donors (Lipinski definition) is 0. The molecule has 2 atom stereocenters. The van der Waals surface area contributed by atoms with Gasteiger partial charge in [0.05, 0.1) is 6.10 Å². The van der Waals surface area contributed by atoms with Gasteiger partial charge < -0.3 is 13.9 Å². The molecule has 0 spiro atoms. The number of unbranched alkanes of at least 4 members (excludes halogenated alkanes) is 2. The van der Waals surface area contributed by atoms with Crippen LogP contribution in [-0.2, 0) is 17.8 Å². The Morgan fingerprint density at radius 2 is 1.33 bits per heavy atom. The molecule has 0 fully saturated rings. The molecular weight excluding hydrogens is 639 g/mol. The van der Waals surface area contributed by atoms with Crippen LogP contribution >= 0.6 is 39.1 Å². The Balaban J connectivity index is 1.65. The second-order valence-electron chi connectivity index (χ2n) is 11.9. The summed E-state index contributed by atoms with van der Waals surface area (Å²) in [6, 6.07) is 19.6. The molecule has 5 aromatic rings. The number of ether oxygens (including phenoxy) is 1. The van der Waals surface area contributed by atoms with Gasteiger partial charge >= 0.3 is 0 Å². The SMILES string of the molecule is CCC(C)OCCCCn1cc(C(c2ccc(Cl)cc2Cl)c2cn(CCCCBr)c3ccc(C)cc23)c2cc(C)ccc21. The van der Waals surface area contributed by atoms with Crippen LogP contribution in [0.3, 0.4) is 0 Å². The lowest BCUT2D eigenvalue weighted by molar-refractivity contribution is 0.0606. The van der Waals surface area contributed by atoms with Crippen LogP contribution < -0.4 is 0 Å². The molecule has 43 heavy (non-hydrogen) atoms. The second kappa shape index (κ2) is 14.7. The van der Waals surface area contributed by atoms with E-state index in [1.54, 1.807) is 0 Å². The first-order chi connectivity index (χ1) is 20.8. The minimum absolute atomic E-state index is 0.0502. The summed E-state index contributed by atoms with van der Waals surface area (Å²) in [7, 11) is 0. The molecule has 0 saturated carbocycles. The van der Waals surface area contributed by atoms with Crippen LogP contribution in [0.2, 0.25) is 10.0 Å². The third-order valence-electron chi connectivity index (χ3n) is 8.58. The van der Waals surface area contributed by atoms with E-state index >= 15 is 0 Å². The van der Waals surface area contributed by atoms with Crippen LogP contribution in [0.25, 0.3) is 21.8 Å². The summed E-state index contributed by atoms with van der Waals surface area (Å²) >= 11 is 17.1. The van der Waals surface area contributed by atoms with Crippen molar-refractivity contribution in [3.63, 3.8) is 0 Å². The molecule has 2 unspecified atom stereocenters. The summed E-state index contributed by atoms with van der Waals surface area (Å²) in [6.45, 7) is 11.4. The number of aromatic nitrogens is 2. The predicted octanol–water partition coefficient (Wildman–Crippen LogP) is 11.5. The predicted molar refractivity (Wildman–Crippen MR) is 189 cm³/mol. The Labute approximate surface area is 275 Å². The summed E-state index contributed by atoms with van der Waals surface area (Å²) in [6.07, 6.45) is 10.5. The molecule has 0 saturated heterocycles. The number of benzene rings is 3. The molecule has 5 rings (SSSR count). The zero-order chi connectivity index (χ0) is 30.5. The fraction of sp³-hybridized carbons (Fsp3) is 0.405. The Morgan fingerprint density at radius 1 is 0.744 bits per heavy atom. The summed E-state index contributed by atoms with van der Waals surface area (Å²) in [5.41, 5.74) is 8.68. The highest BCUT2D eigenvalue weighted by Crippen LogP contribution is 2.44. The van der Waals surface area contributed by atoms with E-state index in [4.69, 9.17) is 27.9 Å². The first-order valence-corrected chi connectivity index (χ1v) is 17.5. The van der Waals surface area contributed by atoms with Gasteiger partial charge in [-0.2, -0.15) is 0 Å². The summed E-state index contributed by atoms with van der Waals surface area (Å²) in [5.74, 6) is -0.0502. The van der Waals surface area contributed by atoms with Gasteiger partial charge in [-0.05, 0) is 106 Å². The highest BCUT2D eigenvalue weighted by atomic mass is 79.9. The molecule has 0 aliphatic rings. The molecule has 228 valence electrons. The van der Waals surface area contributed by atoms with Crippen molar-refractivity contribution in [3.05, 3.63) is 105 Å². The first-order valence-electron chi connectivity index (χ1n) is 15.6. The van der Waals surface area contributed by atoms with E-state index in [1.807, 2.05) is 12.1 Å². The van der Waals surface area contributed by atoms with Gasteiger partial charge in [-0.25, -0.2) is 0 Å². The van der Waals surface area contributed by atoms with Crippen molar-refractivity contribution in [1.29, 1.82) is 0 Å². The quantitative estimate of drug-likeness (QED) is 0.0843. The fourth-order valence-electron chi connectivity index (χ4n) is 6.11. The number of alkyl halides is 1. The summed E-state index contributed by atoms with van der Waals surface area (Å²) in [5, 5.41) is 4.92. The molecule has 2 aromatic heterocycles. The summed E-state index contributed by atoms with van der Waals surface area (Å²) in [4.78, 5) is 0. The maximum Gasteiger partial charge on any atom is 0.0544 e. The van der Waals surface area contributed by atoms with Gasteiger partial charge in [0.25, 0.3) is 0 Å². The zero-order valence-corrected chi connectivity index (χ0v) is 28.9. The van der Waals surface area contributed by atoms with Gasteiger partial charge in [-0.1, -0.05) is 75.4 Å². The standard InChI is InChI=1S/C37H43BrCl2N2O/c1-5-27(4)43-19-9-8-18-42-24-33(31-21-26(3)11-15-36(31)42)37(29-13-12-28(39)22-34(29)40)32-23-41(17-7-6-16-38)35-14-10-25(2)20-30(32)35/h10-15,20-24,27,37H,5-9,16-19H2,1-4H3. The van der Waals surface area contributed by atoms with Crippen LogP contribution in [0, 0.1) is 13.8 Å². The number of nitrogens with zero attached hydrogens (tertiary/aromatic N) is 2. The van der Waals surface area contributed by atoms with E-state index in [9.17, 15) is 0 Å². The number of hydrogen-bond acceptors (Lipinski definition) is 1. The second-order valence-corrected chi connectivity index (χ2v) is 13.5. The molecular formula is C37H43BrCl2N2O. The Hall–Kier alpha value is -2.24. The van der Waals surface area contributed by atoms with Crippen molar-refractivity contribution < 1.29 is 4.74 Å². The molecule has 0 bridgehead atoms. The molecule has 6 heteroatoms. The molecule has 0 aliphatic carbocycles. The molecule has 0 aliphatic heterocycles. The van der Waals surface area contributed by atoms with Crippen molar-refractivity contribution in [1.82, 2.24) is 9.13 Å². The lowest BCUT2D eigenvalue weighted by atomic mass is 9.84. The van der Waals surface area contributed by atoms with E-state index < -0.39 is 0 Å². The Morgan fingerprint density at radius 3 is 1.86 bits per heavy atom. The van der Waals surface area contributed by atoms with Gasteiger partial charge in [0.2, 0.25) is 0 Å². The number of halogens is 3. The Kier molecular flexibility index (Phi) is 11.0. The van der Waals surface area contributed by atoms with Gasteiger partial charge in [0.1, 0.15) is 0 Å². The normalized spacial score (nSPS) is 13.3. The van der Waals surface area contributed by atoms with Crippen LogP contribution in [0.15, 0.2) is 67.0 Å². The van der Waals surface area contributed by atoms with E-state index in [1.165, 1.54) is 44.1 Å². The highest BCUT2D eigenvalue weighted by Gasteiger charge is 2.27. The molecule has 0 radical (unpaired) electrons. The van der Waals surface area contributed by atoms with Gasteiger partial charge in [-0.15, -0.1) is 0 Å². The largest absolute Gasteiger partial charge is 0.379 e. The molecule has 2 heterocycles. The summed E-state index contributed by atoms with van der Waals surface area (Å²) < 4.78 is 10.8. The van der Waals surface area contributed by atoms with Crippen molar-refractivity contribution in [2.75, 3.05) is 11.9 Å². The average Bonchev–Trinajstić information content (AvgIpc) is 3.51. The van der Waals surface area contributed by atoms with Crippen molar-refractivity contribution >= 4 is 60.9 Å². The molecule has 0 amide bonds. The fourth-order valence-corrected chi connectivity index (χ4v) is 7.02. The maximum atomic E-state index is 7.04. The Bertz CT molecular complexity index is 1690. The smallest absolute Gasteiger partial charge is 0.0544 e. The van der Waals surface area contributed by atoms with Gasteiger partial charge in [0.15, 0.2) is 0 Å². The number of rotatable bonds is 14. The molecule has 3 nitrogen and oxygen atoms in total. The van der Waals surface area contributed by atoms with Crippen LogP contribution in [0.4, 0.5) is 0 Å². The number of aryl methyl sites for hydroxylation is 4. The van der Waals surface area contributed by atoms with Crippen LogP contribution in [-0.4, -0.2) is 27.2 Å². The van der Waals surface area contributed by atoms with Gasteiger partial charge in [-0.3, -0.25) is 0 Å². The van der Waals surface area contributed by atoms with E-state index in [2.05, 4.69) is 108 Å². The number of fused-ring (bicyclic) bond motifs is 2. The van der Waals surface area contributed by atoms with E-state index in [-0.39, 0.29) is 5.92 Å². The van der Waals surface area contributed by atoms with Crippen LogP contribution in [0.1, 0.15) is 79.7 Å². The molecule has 0 N–H and O–H groups in total. The first kappa shape index (κ1) is 32.2. The van der Waals surface area contributed by atoms with E-state index in [0.29, 0.717) is 16.1 Å². The third-order valence-corrected chi connectivity index (χ3v) is 9.71. The monoisotopic (exact) mass is 680 g/mol. The third kappa shape index (κ3) is 7.36. The zero-order valence-electron chi connectivity index (χ0n) is 25.8. The van der Waals surface area contributed by atoms with E-state index in [0.717, 1.165) is 62.7 Å². The van der Waals surface area contributed by atoms with Crippen molar-refractivity contribution in [2.24, 2.45) is 0 Å². The highest BCUT2D eigenvalue weighted by molar-refractivity contribution is 9.09. The topological polar surface area (TPSA) is 19.1 Å². The average molecular weight is 683 g/mol.